The number of benzene rings is 1. The summed E-state index contributed by atoms with van der Waals surface area (Å²) in [7, 11) is 2.23. The summed E-state index contributed by atoms with van der Waals surface area (Å²) in [6, 6.07) is 11.3. The highest BCUT2D eigenvalue weighted by Gasteiger charge is 2.35. The first kappa shape index (κ1) is 12.4. The molecule has 1 atom stereocenters. The molecule has 0 aromatic heterocycles. The average molecular weight is 229 g/mol. The van der Waals surface area contributed by atoms with Crippen molar-refractivity contribution in [3.05, 3.63) is 48.0 Å². The molecular weight excluding hydrogens is 206 g/mol. The third-order valence-electron chi connectivity index (χ3n) is 4.08. The molecule has 1 aliphatic carbocycles. The van der Waals surface area contributed by atoms with Crippen molar-refractivity contribution in [2.45, 2.75) is 39.3 Å². The molecule has 0 amide bonds. The SMILES string of the molecule is C=C1CC(N(C)Cc2ccccc2)CC1(C)C. The largest absolute Gasteiger partial charge is 0.299 e. The molecule has 92 valence electrons. The second-order valence-electron chi connectivity index (χ2n) is 5.95. The standard InChI is InChI=1S/C16H23N/c1-13-10-15(11-16(13,2)3)17(4)12-14-8-6-5-7-9-14/h5-9,15H,1,10-12H2,2-4H3. The number of nitrogens with zero attached hydrogens (tertiary/aromatic N) is 1. The molecule has 1 aromatic rings. The molecule has 2 rings (SSSR count). The van der Waals surface area contributed by atoms with Gasteiger partial charge in [0.2, 0.25) is 0 Å². The van der Waals surface area contributed by atoms with Crippen molar-refractivity contribution in [3.63, 3.8) is 0 Å². The van der Waals surface area contributed by atoms with E-state index in [2.05, 4.69) is 62.7 Å². The molecule has 0 bridgehead atoms. The predicted octanol–water partition coefficient (Wildman–Crippen LogP) is 3.86. The Morgan fingerprint density at radius 1 is 1.29 bits per heavy atom. The summed E-state index contributed by atoms with van der Waals surface area (Å²) in [6.45, 7) is 9.88. The Morgan fingerprint density at radius 3 is 2.47 bits per heavy atom. The van der Waals surface area contributed by atoms with E-state index in [9.17, 15) is 0 Å². The molecule has 0 radical (unpaired) electrons. The van der Waals surface area contributed by atoms with Crippen LogP contribution < -0.4 is 0 Å². The molecule has 1 nitrogen and oxygen atoms in total. The summed E-state index contributed by atoms with van der Waals surface area (Å²) in [4.78, 5) is 2.47. The maximum Gasteiger partial charge on any atom is 0.0233 e. The zero-order chi connectivity index (χ0) is 12.5. The minimum atomic E-state index is 0.315. The number of rotatable bonds is 3. The highest BCUT2D eigenvalue weighted by Crippen LogP contribution is 2.43. The van der Waals surface area contributed by atoms with Crippen LogP contribution in [-0.2, 0) is 6.54 Å². The van der Waals surface area contributed by atoms with E-state index in [0.29, 0.717) is 11.5 Å². The molecule has 1 unspecified atom stereocenters. The second-order valence-corrected chi connectivity index (χ2v) is 5.95. The van der Waals surface area contributed by atoms with Crippen LogP contribution in [0.2, 0.25) is 0 Å². The van der Waals surface area contributed by atoms with Gasteiger partial charge in [0.15, 0.2) is 0 Å². The van der Waals surface area contributed by atoms with Gasteiger partial charge in [0.1, 0.15) is 0 Å². The molecule has 0 aliphatic heterocycles. The van der Waals surface area contributed by atoms with E-state index in [1.54, 1.807) is 0 Å². The summed E-state index contributed by atoms with van der Waals surface area (Å²) >= 11 is 0. The van der Waals surface area contributed by atoms with Crippen LogP contribution in [0.4, 0.5) is 0 Å². The normalized spacial score (nSPS) is 23.3. The topological polar surface area (TPSA) is 3.24 Å². The van der Waals surface area contributed by atoms with Gasteiger partial charge in [0, 0.05) is 12.6 Å². The fourth-order valence-electron chi connectivity index (χ4n) is 2.68. The third-order valence-corrected chi connectivity index (χ3v) is 4.08. The van der Waals surface area contributed by atoms with Crippen LogP contribution in [0.3, 0.4) is 0 Å². The molecule has 1 aromatic carbocycles. The number of hydrogen-bond acceptors (Lipinski definition) is 1. The molecule has 1 saturated carbocycles. The summed E-state index contributed by atoms with van der Waals surface area (Å²) in [6.07, 6.45) is 2.38. The summed E-state index contributed by atoms with van der Waals surface area (Å²) < 4.78 is 0. The minimum absolute atomic E-state index is 0.315. The highest BCUT2D eigenvalue weighted by atomic mass is 15.1. The van der Waals surface area contributed by atoms with Crippen LogP contribution in [0, 0.1) is 5.41 Å². The van der Waals surface area contributed by atoms with E-state index in [0.717, 1.165) is 13.0 Å². The van der Waals surface area contributed by atoms with Crippen molar-refractivity contribution < 1.29 is 0 Å². The third kappa shape index (κ3) is 2.78. The van der Waals surface area contributed by atoms with Crippen molar-refractivity contribution in [2.24, 2.45) is 5.41 Å². The van der Waals surface area contributed by atoms with Crippen molar-refractivity contribution in [2.75, 3.05) is 7.05 Å². The fraction of sp³-hybridized carbons (Fsp3) is 0.500. The Bertz CT molecular complexity index is 391. The molecule has 0 N–H and O–H groups in total. The first-order chi connectivity index (χ1) is 7.99. The Hall–Kier alpha value is -1.08. The second kappa shape index (κ2) is 4.66. The summed E-state index contributed by atoms with van der Waals surface area (Å²) in [5.41, 5.74) is 3.11. The van der Waals surface area contributed by atoms with Gasteiger partial charge in [-0.1, -0.05) is 56.3 Å². The quantitative estimate of drug-likeness (QED) is 0.711. The van der Waals surface area contributed by atoms with E-state index < -0.39 is 0 Å². The van der Waals surface area contributed by atoms with Crippen molar-refractivity contribution in [3.8, 4) is 0 Å². The summed E-state index contributed by atoms with van der Waals surface area (Å²) in [5, 5.41) is 0. The first-order valence-electron chi connectivity index (χ1n) is 6.41. The van der Waals surface area contributed by atoms with E-state index in [-0.39, 0.29) is 0 Å². The van der Waals surface area contributed by atoms with Gasteiger partial charge in [-0.05, 0) is 30.9 Å². The van der Waals surface area contributed by atoms with Crippen LogP contribution >= 0.6 is 0 Å². The van der Waals surface area contributed by atoms with E-state index >= 15 is 0 Å². The maximum atomic E-state index is 4.22. The van der Waals surface area contributed by atoms with Crippen LogP contribution in [-0.4, -0.2) is 18.0 Å². The van der Waals surface area contributed by atoms with Gasteiger partial charge in [-0.25, -0.2) is 0 Å². The summed E-state index contributed by atoms with van der Waals surface area (Å²) in [5.74, 6) is 0. The Balaban J connectivity index is 1.98. The monoisotopic (exact) mass is 229 g/mol. The highest BCUT2D eigenvalue weighted by molar-refractivity contribution is 5.18. The minimum Gasteiger partial charge on any atom is -0.299 e. The zero-order valence-corrected chi connectivity index (χ0v) is 11.2. The van der Waals surface area contributed by atoms with Gasteiger partial charge < -0.3 is 0 Å². The zero-order valence-electron chi connectivity index (χ0n) is 11.2. The van der Waals surface area contributed by atoms with Crippen LogP contribution in [0.15, 0.2) is 42.5 Å². The van der Waals surface area contributed by atoms with Crippen molar-refractivity contribution in [1.82, 2.24) is 4.90 Å². The first-order valence-corrected chi connectivity index (χ1v) is 6.41. The van der Waals surface area contributed by atoms with E-state index in [1.807, 2.05) is 0 Å². The smallest absolute Gasteiger partial charge is 0.0233 e. The molecule has 17 heavy (non-hydrogen) atoms. The lowest BCUT2D eigenvalue weighted by atomic mass is 9.88. The van der Waals surface area contributed by atoms with Gasteiger partial charge in [0.25, 0.3) is 0 Å². The predicted molar refractivity (Wildman–Crippen MR) is 73.9 cm³/mol. The maximum absolute atomic E-state index is 4.22. The van der Waals surface area contributed by atoms with Crippen molar-refractivity contribution in [1.29, 1.82) is 0 Å². The lowest BCUT2D eigenvalue weighted by molar-refractivity contribution is 0.220. The lowest BCUT2D eigenvalue weighted by Gasteiger charge is -2.25. The molecule has 0 spiro atoms. The molecule has 0 heterocycles. The molecule has 0 saturated heterocycles. The molecule has 1 heteroatoms. The lowest BCUT2D eigenvalue weighted by Crippen LogP contribution is -2.29. The van der Waals surface area contributed by atoms with Crippen molar-refractivity contribution >= 4 is 0 Å². The Kier molecular flexibility index (Phi) is 3.39. The fourth-order valence-corrected chi connectivity index (χ4v) is 2.68. The van der Waals surface area contributed by atoms with Crippen LogP contribution in [0.5, 0.6) is 0 Å². The molecule has 1 fully saturated rings. The average Bonchev–Trinajstić information content (AvgIpc) is 2.55. The van der Waals surface area contributed by atoms with Gasteiger partial charge in [-0.15, -0.1) is 0 Å². The van der Waals surface area contributed by atoms with E-state index in [4.69, 9.17) is 0 Å². The van der Waals surface area contributed by atoms with Gasteiger partial charge >= 0.3 is 0 Å². The van der Waals surface area contributed by atoms with E-state index in [1.165, 1.54) is 17.6 Å². The Labute approximate surface area is 105 Å². The van der Waals surface area contributed by atoms with Crippen LogP contribution in [0.1, 0.15) is 32.3 Å². The number of hydrogen-bond donors (Lipinski definition) is 0. The molecule has 1 aliphatic rings. The van der Waals surface area contributed by atoms with Gasteiger partial charge in [0.05, 0.1) is 0 Å². The Morgan fingerprint density at radius 2 is 1.94 bits per heavy atom. The van der Waals surface area contributed by atoms with Gasteiger partial charge in [-0.3, -0.25) is 4.90 Å². The van der Waals surface area contributed by atoms with Crippen LogP contribution in [0.25, 0.3) is 0 Å². The molecular formula is C16H23N. The van der Waals surface area contributed by atoms with Gasteiger partial charge in [-0.2, -0.15) is 0 Å².